The van der Waals surface area contributed by atoms with E-state index in [0.717, 1.165) is 24.8 Å². The van der Waals surface area contributed by atoms with Crippen molar-refractivity contribution >= 4 is 11.9 Å². The van der Waals surface area contributed by atoms with Crippen molar-refractivity contribution in [3.63, 3.8) is 0 Å². The van der Waals surface area contributed by atoms with Crippen LogP contribution in [0, 0.1) is 0 Å². The lowest BCUT2D eigenvalue weighted by molar-refractivity contribution is -0.145. The van der Waals surface area contributed by atoms with Crippen molar-refractivity contribution in [1.29, 1.82) is 0 Å². The SMILES string of the molecule is C/C=C/C(=O)N(CCCc1cccc(OC(CC)C(=O)O)c1)CCC(c1ccccc1)c1ccccc1. The number of benzene rings is 3. The van der Waals surface area contributed by atoms with Gasteiger partial charge in [-0.1, -0.05) is 85.8 Å². The van der Waals surface area contributed by atoms with Crippen LogP contribution in [0.2, 0.25) is 0 Å². The van der Waals surface area contributed by atoms with Gasteiger partial charge >= 0.3 is 5.97 Å². The minimum absolute atomic E-state index is 0.0201. The van der Waals surface area contributed by atoms with Crippen molar-refractivity contribution in [3.8, 4) is 5.75 Å². The summed E-state index contributed by atoms with van der Waals surface area (Å²) in [6.07, 6.45) is 5.35. The highest BCUT2D eigenvalue weighted by atomic mass is 16.5. The second-order valence-corrected chi connectivity index (χ2v) is 9.09. The number of ether oxygens (including phenoxy) is 1. The lowest BCUT2D eigenvalue weighted by Crippen LogP contribution is -2.32. The van der Waals surface area contributed by atoms with E-state index in [1.165, 1.54) is 11.1 Å². The second-order valence-electron chi connectivity index (χ2n) is 9.09. The Kier molecular flexibility index (Phi) is 11.0. The molecule has 0 radical (unpaired) electrons. The molecule has 0 fully saturated rings. The van der Waals surface area contributed by atoms with Gasteiger partial charge in [-0.25, -0.2) is 4.79 Å². The zero-order valence-electron chi connectivity index (χ0n) is 21.8. The van der Waals surface area contributed by atoms with Crippen LogP contribution >= 0.6 is 0 Å². The smallest absolute Gasteiger partial charge is 0.344 e. The Morgan fingerprint density at radius 2 is 1.57 bits per heavy atom. The third kappa shape index (κ3) is 8.64. The molecule has 5 heteroatoms. The molecular formula is C32H37NO4. The predicted molar refractivity (Wildman–Crippen MR) is 148 cm³/mol. The number of carboxylic acids is 1. The lowest BCUT2D eigenvalue weighted by atomic mass is 9.88. The first-order valence-electron chi connectivity index (χ1n) is 13.0. The molecule has 1 N–H and O–H groups in total. The van der Waals surface area contributed by atoms with Crippen LogP contribution in [0.4, 0.5) is 0 Å². The maximum atomic E-state index is 12.9. The number of hydrogen-bond donors (Lipinski definition) is 1. The molecule has 0 aliphatic carbocycles. The summed E-state index contributed by atoms with van der Waals surface area (Å²) in [5.41, 5.74) is 3.55. The first-order valence-corrected chi connectivity index (χ1v) is 13.0. The van der Waals surface area contributed by atoms with Gasteiger partial charge in [0.15, 0.2) is 6.10 Å². The van der Waals surface area contributed by atoms with Crippen LogP contribution in [-0.2, 0) is 16.0 Å². The zero-order chi connectivity index (χ0) is 26.5. The van der Waals surface area contributed by atoms with Crippen LogP contribution in [0.3, 0.4) is 0 Å². The maximum absolute atomic E-state index is 12.9. The second kappa shape index (κ2) is 14.6. The minimum Gasteiger partial charge on any atom is -0.479 e. The third-order valence-electron chi connectivity index (χ3n) is 6.43. The number of rotatable bonds is 14. The summed E-state index contributed by atoms with van der Waals surface area (Å²) in [7, 11) is 0. The van der Waals surface area contributed by atoms with Gasteiger partial charge in [-0.2, -0.15) is 0 Å². The molecule has 0 saturated carbocycles. The Morgan fingerprint density at radius 1 is 0.919 bits per heavy atom. The van der Waals surface area contributed by atoms with Crippen LogP contribution < -0.4 is 4.74 Å². The van der Waals surface area contributed by atoms with E-state index in [2.05, 4.69) is 48.5 Å². The molecular weight excluding hydrogens is 462 g/mol. The van der Waals surface area contributed by atoms with Gasteiger partial charge in [0.2, 0.25) is 5.91 Å². The summed E-state index contributed by atoms with van der Waals surface area (Å²) >= 11 is 0. The van der Waals surface area contributed by atoms with E-state index in [9.17, 15) is 14.7 Å². The molecule has 3 aromatic carbocycles. The van der Waals surface area contributed by atoms with Crippen molar-refractivity contribution in [2.75, 3.05) is 13.1 Å². The largest absolute Gasteiger partial charge is 0.479 e. The molecule has 3 rings (SSSR count). The average Bonchev–Trinajstić information content (AvgIpc) is 2.92. The van der Waals surface area contributed by atoms with Crippen molar-refractivity contribution in [1.82, 2.24) is 4.90 Å². The molecule has 0 spiro atoms. The van der Waals surface area contributed by atoms with E-state index in [0.29, 0.717) is 25.3 Å². The van der Waals surface area contributed by atoms with Gasteiger partial charge in [-0.05, 0) is 67.5 Å². The molecule has 0 aliphatic rings. The van der Waals surface area contributed by atoms with Crippen LogP contribution in [0.5, 0.6) is 5.75 Å². The number of amides is 1. The van der Waals surface area contributed by atoms with E-state index in [1.54, 1.807) is 25.1 Å². The van der Waals surface area contributed by atoms with E-state index in [4.69, 9.17) is 4.74 Å². The maximum Gasteiger partial charge on any atom is 0.344 e. The molecule has 0 aromatic heterocycles. The van der Waals surface area contributed by atoms with Gasteiger partial charge in [0.25, 0.3) is 0 Å². The minimum atomic E-state index is -0.963. The molecule has 194 valence electrons. The van der Waals surface area contributed by atoms with Crippen LogP contribution in [0.1, 0.15) is 55.7 Å². The summed E-state index contributed by atoms with van der Waals surface area (Å²) in [5, 5.41) is 9.27. The number of nitrogens with zero attached hydrogens (tertiary/aromatic N) is 1. The fourth-order valence-electron chi connectivity index (χ4n) is 4.48. The average molecular weight is 500 g/mol. The summed E-state index contributed by atoms with van der Waals surface area (Å²) in [6, 6.07) is 28.5. The Hall–Kier alpha value is -3.86. The molecule has 0 bridgehead atoms. The van der Waals surface area contributed by atoms with Crippen molar-refractivity contribution < 1.29 is 19.4 Å². The van der Waals surface area contributed by atoms with Crippen LogP contribution in [-0.4, -0.2) is 41.1 Å². The Labute approximate surface area is 220 Å². The highest BCUT2D eigenvalue weighted by Gasteiger charge is 2.19. The van der Waals surface area contributed by atoms with E-state index >= 15 is 0 Å². The lowest BCUT2D eigenvalue weighted by Gasteiger charge is -2.25. The molecule has 5 nitrogen and oxygen atoms in total. The third-order valence-corrected chi connectivity index (χ3v) is 6.43. The molecule has 0 aliphatic heterocycles. The van der Waals surface area contributed by atoms with E-state index in [-0.39, 0.29) is 11.8 Å². The summed E-state index contributed by atoms with van der Waals surface area (Å²) in [6.45, 7) is 4.94. The van der Waals surface area contributed by atoms with Crippen LogP contribution in [0.25, 0.3) is 0 Å². The highest BCUT2D eigenvalue weighted by molar-refractivity contribution is 5.87. The number of carboxylic acid groups (broad SMARTS) is 1. The Bertz CT molecular complexity index is 1100. The molecule has 1 amide bonds. The Morgan fingerprint density at radius 3 is 2.14 bits per heavy atom. The topological polar surface area (TPSA) is 66.8 Å². The first-order chi connectivity index (χ1) is 18.0. The fraction of sp³-hybridized carbons (Fsp3) is 0.312. The standard InChI is InChI=1S/C32H37NO4/c1-3-13-31(34)33(22-12-15-25-14-11-20-28(24-25)37-30(4-2)32(35)36)23-21-29(26-16-7-5-8-17-26)27-18-9-6-10-19-27/h3,5-11,13-14,16-20,24,29-30H,4,12,15,21-23H2,1-2H3,(H,35,36)/b13-3+. The fourth-order valence-corrected chi connectivity index (χ4v) is 4.48. The summed E-state index contributed by atoms with van der Waals surface area (Å²) in [4.78, 5) is 26.1. The van der Waals surface area contributed by atoms with Gasteiger partial charge in [-0.3, -0.25) is 4.79 Å². The van der Waals surface area contributed by atoms with Gasteiger partial charge in [-0.15, -0.1) is 0 Å². The van der Waals surface area contributed by atoms with Gasteiger partial charge in [0.05, 0.1) is 0 Å². The first kappa shape index (κ1) is 27.7. The van der Waals surface area contributed by atoms with Gasteiger partial charge < -0.3 is 14.7 Å². The zero-order valence-corrected chi connectivity index (χ0v) is 21.8. The predicted octanol–water partition coefficient (Wildman–Crippen LogP) is 6.49. The molecule has 0 heterocycles. The van der Waals surface area contributed by atoms with Crippen LogP contribution in [0.15, 0.2) is 97.1 Å². The van der Waals surface area contributed by atoms with Crippen molar-refractivity contribution in [2.45, 2.75) is 51.6 Å². The summed E-state index contributed by atoms with van der Waals surface area (Å²) in [5.74, 6) is -0.179. The number of allylic oxidation sites excluding steroid dienone is 1. The quantitative estimate of drug-likeness (QED) is 0.258. The normalized spacial score (nSPS) is 12.0. The molecule has 3 aromatic rings. The molecule has 0 saturated heterocycles. The Balaban J connectivity index is 1.66. The number of aliphatic carboxylic acids is 1. The molecule has 1 unspecified atom stereocenters. The number of hydrogen-bond acceptors (Lipinski definition) is 3. The summed E-state index contributed by atoms with van der Waals surface area (Å²) < 4.78 is 5.64. The van der Waals surface area contributed by atoms with E-state index in [1.807, 2.05) is 42.2 Å². The highest BCUT2D eigenvalue weighted by Crippen LogP contribution is 2.28. The van der Waals surface area contributed by atoms with Crippen molar-refractivity contribution in [3.05, 3.63) is 114 Å². The number of carbonyl (C=O) groups excluding carboxylic acids is 1. The monoisotopic (exact) mass is 499 g/mol. The number of carbonyl (C=O) groups is 2. The van der Waals surface area contributed by atoms with Gasteiger partial charge in [0.1, 0.15) is 5.75 Å². The van der Waals surface area contributed by atoms with Crippen molar-refractivity contribution in [2.24, 2.45) is 0 Å². The molecule has 1 atom stereocenters. The number of aryl methyl sites for hydroxylation is 1. The van der Waals surface area contributed by atoms with E-state index < -0.39 is 12.1 Å². The molecule has 37 heavy (non-hydrogen) atoms. The van der Waals surface area contributed by atoms with Gasteiger partial charge in [0, 0.05) is 19.0 Å².